The second-order valence-electron chi connectivity index (χ2n) is 1.51. The van der Waals surface area contributed by atoms with Crippen LogP contribution in [0.25, 0.3) is 0 Å². The lowest BCUT2D eigenvalue weighted by molar-refractivity contribution is -0.106. The topological polar surface area (TPSA) is 17.1 Å². The Kier molecular flexibility index (Phi) is 4.56. The monoisotopic (exact) mass is 129 g/mol. The van der Waals surface area contributed by atoms with E-state index in [-0.39, 0.29) is 5.12 Å². The molecule has 46 valence electrons. The van der Waals surface area contributed by atoms with Crippen LogP contribution in [0.2, 0.25) is 0 Å². The van der Waals surface area contributed by atoms with E-state index < -0.39 is 0 Å². The normalized spacial score (nSPS) is 10.1. The van der Waals surface area contributed by atoms with Gasteiger partial charge in [0.1, 0.15) is 0 Å². The lowest BCUT2D eigenvalue weighted by Gasteiger charge is -1.90. The Balaban J connectivity index is 3.20. The summed E-state index contributed by atoms with van der Waals surface area (Å²) in [6, 6.07) is 0. The molecule has 0 saturated heterocycles. The highest BCUT2D eigenvalue weighted by molar-refractivity contribution is 7.77. The molecule has 0 radical (unpaired) electrons. The summed E-state index contributed by atoms with van der Waals surface area (Å²) in [6.45, 7) is 2.05. The minimum Gasteiger partial charge on any atom is -0.737 e. The van der Waals surface area contributed by atoms with Crippen molar-refractivity contribution in [2.24, 2.45) is 0 Å². The molecule has 0 heterocycles. The van der Waals surface area contributed by atoms with Crippen molar-refractivity contribution in [3.8, 4) is 0 Å². The van der Waals surface area contributed by atoms with E-state index in [9.17, 15) is 4.79 Å². The molecule has 1 nitrogen and oxygen atoms in total. The number of carbonyl (C=O) groups is 1. The van der Waals surface area contributed by atoms with E-state index in [4.69, 9.17) is 0 Å². The highest BCUT2D eigenvalue weighted by Crippen LogP contribution is 1.87. The van der Waals surface area contributed by atoms with Crippen molar-refractivity contribution in [3.05, 3.63) is 12.2 Å². The van der Waals surface area contributed by atoms with E-state index >= 15 is 0 Å². The molecule has 0 aromatic carbocycles. The Morgan fingerprint density at radius 3 is 2.75 bits per heavy atom. The van der Waals surface area contributed by atoms with Crippen LogP contribution in [0.5, 0.6) is 0 Å². The van der Waals surface area contributed by atoms with E-state index in [1.807, 2.05) is 0 Å². The van der Waals surface area contributed by atoms with Crippen LogP contribution < -0.4 is 0 Å². The molecule has 0 saturated carbocycles. The number of allylic oxidation sites excluding steroid dienone is 1. The zero-order valence-corrected chi connectivity index (χ0v) is 5.70. The van der Waals surface area contributed by atoms with Crippen molar-refractivity contribution >= 4 is 17.7 Å². The van der Waals surface area contributed by atoms with Gasteiger partial charge in [-0.3, -0.25) is 0 Å². The average Bonchev–Trinajstić information content (AvgIpc) is 1.66. The molecule has 0 aliphatic carbocycles. The first-order chi connectivity index (χ1) is 3.77. The summed E-state index contributed by atoms with van der Waals surface area (Å²) in [5.74, 6) is 0. The number of rotatable bonds is 3. The SMILES string of the molecule is CCC/C=C/C(=O)[S-]. The molecule has 0 rings (SSSR count). The molecule has 0 fully saturated rings. The summed E-state index contributed by atoms with van der Waals surface area (Å²) in [6.07, 6.45) is 5.25. The Morgan fingerprint density at radius 1 is 1.75 bits per heavy atom. The molecule has 0 aliphatic heterocycles. The van der Waals surface area contributed by atoms with Crippen molar-refractivity contribution in [2.45, 2.75) is 19.8 Å². The van der Waals surface area contributed by atoms with Crippen molar-refractivity contribution < 1.29 is 4.79 Å². The van der Waals surface area contributed by atoms with E-state index in [0.29, 0.717) is 0 Å². The summed E-state index contributed by atoms with van der Waals surface area (Å²) >= 11 is 4.27. The zero-order chi connectivity index (χ0) is 6.41. The molecular weight excluding hydrogens is 120 g/mol. The van der Waals surface area contributed by atoms with Gasteiger partial charge in [0.2, 0.25) is 0 Å². The Labute approximate surface area is 55.2 Å². The minimum absolute atomic E-state index is 0.279. The third-order valence-electron chi connectivity index (χ3n) is 0.709. The lowest BCUT2D eigenvalue weighted by atomic mass is 10.3. The van der Waals surface area contributed by atoms with Crippen LogP contribution >= 0.6 is 0 Å². The maximum Gasteiger partial charge on any atom is 0.0346 e. The van der Waals surface area contributed by atoms with E-state index in [1.165, 1.54) is 6.08 Å². The number of unbranched alkanes of at least 4 members (excludes halogenated alkanes) is 1. The van der Waals surface area contributed by atoms with Crippen LogP contribution in [-0.2, 0) is 17.4 Å². The summed E-state index contributed by atoms with van der Waals surface area (Å²) in [5.41, 5.74) is 0. The predicted octanol–water partition coefficient (Wildman–Crippen LogP) is 1.42. The summed E-state index contributed by atoms with van der Waals surface area (Å²) in [4.78, 5) is 10.0. The molecule has 0 aromatic rings. The third kappa shape index (κ3) is 5.63. The Hall–Kier alpha value is -0.370. The van der Waals surface area contributed by atoms with Crippen molar-refractivity contribution in [1.29, 1.82) is 0 Å². The summed E-state index contributed by atoms with van der Waals surface area (Å²) < 4.78 is 0. The van der Waals surface area contributed by atoms with Crippen molar-refractivity contribution in [3.63, 3.8) is 0 Å². The highest BCUT2D eigenvalue weighted by atomic mass is 32.1. The summed E-state index contributed by atoms with van der Waals surface area (Å²) in [7, 11) is 0. The van der Waals surface area contributed by atoms with Gasteiger partial charge in [0, 0.05) is 5.12 Å². The fraction of sp³-hybridized carbons (Fsp3) is 0.500. The van der Waals surface area contributed by atoms with E-state index in [2.05, 4.69) is 19.6 Å². The highest BCUT2D eigenvalue weighted by Gasteiger charge is 1.70. The smallest absolute Gasteiger partial charge is 0.0346 e. The second kappa shape index (κ2) is 4.78. The first kappa shape index (κ1) is 7.63. The molecule has 0 spiro atoms. The first-order valence-corrected chi connectivity index (χ1v) is 3.05. The average molecular weight is 129 g/mol. The molecular formula is C6H9OS-. The molecule has 0 amide bonds. The zero-order valence-electron chi connectivity index (χ0n) is 4.89. The number of hydrogen-bond acceptors (Lipinski definition) is 2. The van der Waals surface area contributed by atoms with Crippen molar-refractivity contribution in [1.82, 2.24) is 0 Å². The van der Waals surface area contributed by atoms with Gasteiger partial charge in [0.25, 0.3) is 0 Å². The van der Waals surface area contributed by atoms with Crippen LogP contribution in [0, 0.1) is 0 Å². The molecule has 8 heavy (non-hydrogen) atoms. The molecule has 2 heteroatoms. The largest absolute Gasteiger partial charge is 0.737 e. The molecule has 0 atom stereocenters. The van der Waals surface area contributed by atoms with Crippen LogP contribution in [0.3, 0.4) is 0 Å². The molecule has 0 unspecified atom stereocenters. The fourth-order valence-corrected chi connectivity index (χ4v) is 0.442. The molecule has 0 aromatic heterocycles. The van der Waals surface area contributed by atoms with Gasteiger partial charge in [-0.05, 0) is 12.5 Å². The number of hydrogen-bond donors (Lipinski definition) is 0. The number of carbonyl (C=O) groups excluding carboxylic acids is 1. The Bertz CT molecular complexity index is 96.7. The van der Waals surface area contributed by atoms with Crippen LogP contribution in [0.4, 0.5) is 0 Å². The van der Waals surface area contributed by atoms with E-state index in [0.717, 1.165) is 12.8 Å². The van der Waals surface area contributed by atoms with Gasteiger partial charge in [0.15, 0.2) is 0 Å². The van der Waals surface area contributed by atoms with E-state index in [1.54, 1.807) is 6.08 Å². The molecule has 0 bridgehead atoms. The van der Waals surface area contributed by atoms with Crippen molar-refractivity contribution in [2.75, 3.05) is 0 Å². The Morgan fingerprint density at radius 2 is 2.38 bits per heavy atom. The fourth-order valence-electron chi connectivity index (χ4n) is 0.346. The lowest BCUT2D eigenvalue weighted by Crippen LogP contribution is -1.80. The molecule has 0 N–H and O–H groups in total. The van der Waals surface area contributed by atoms with Gasteiger partial charge in [0.05, 0.1) is 0 Å². The van der Waals surface area contributed by atoms with Gasteiger partial charge >= 0.3 is 0 Å². The minimum atomic E-state index is -0.279. The maximum atomic E-state index is 10.0. The third-order valence-corrected chi connectivity index (χ3v) is 0.845. The van der Waals surface area contributed by atoms with Gasteiger partial charge < -0.3 is 17.4 Å². The second-order valence-corrected chi connectivity index (χ2v) is 1.91. The van der Waals surface area contributed by atoms with Crippen LogP contribution in [0.1, 0.15) is 19.8 Å². The van der Waals surface area contributed by atoms with Crippen LogP contribution in [0.15, 0.2) is 12.2 Å². The predicted molar refractivity (Wildman–Crippen MR) is 36.4 cm³/mol. The standard InChI is InChI=1S/C6H10OS/c1-2-3-4-5-6(7)8/h4-5H,2-3H2,1H3,(H,7,8)/p-1/b5-4+. The quantitative estimate of drug-likeness (QED) is 0.423. The van der Waals surface area contributed by atoms with Gasteiger partial charge in [-0.15, -0.1) is 0 Å². The van der Waals surface area contributed by atoms with Gasteiger partial charge in [-0.2, -0.15) is 0 Å². The van der Waals surface area contributed by atoms with Gasteiger partial charge in [-0.25, -0.2) is 0 Å². The maximum absolute atomic E-state index is 10.0. The van der Waals surface area contributed by atoms with Crippen LogP contribution in [-0.4, -0.2) is 5.12 Å². The summed E-state index contributed by atoms with van der Waals surface area (Å²) in [5, 5.41) is -0.279. The first-order valence-electron chi connectivity index (χ1n) is 2.65. The molecule has 0 aliphatic rings. The van der Waals surface area contributed by atoms with Gasteiger partial charge in [-0.1, -0.05) is 19.4 Å².